The lowest BCUT2D eigenvalue weighted by atomic mass is 10.3. The fourth-order valence-electron chi connectivity index (χ4n) is 2.01. The summed E-state index contributed by atoms with van der Waals surface area (Å²) in [6, 6.07) is 11.4. The zero-order valence-corrected chi connectivity index (χ0v) is 13.5. The molecule has 118 valence electrons. The Kier molecular flexibility index (Phi) is 4.31. The number of halogens is 1. The molecule has 3 rings (SSSR count). The Balaban J connectivity index is 1.76. The molecule has 0 radical (unpaired) electrons. The van der Waals surface area contributed by atoms with Crippen molar-refractivity contribution in [1.29, 1.82) is 0 Å². The second-order valence-electron chi connectivity index (χ2n) is 4.82. The summed E-state index contributed by atoms with van der Waals surface area (Å²) >= 11 is 5.83. The molecule has 0 unspecified atom stereocenters. The van der Waals surface area contributed by atoms with Gasteiger partial charge in [0.2, 0.25) is 0 Å². The highest BCUT2D eigenvalue weighted by molar-refractivity contribution is 7.92. The van der Waals surface area contributed by atoms with E-state index in [1.165, 1.54) is 12.1 Å². The number of pyridine rings is 1. The SMILES string of the molecule is O=S(=O)(Nc1ccn(Cc2cccnc2)n1)c1cccc(Cl)c1. The predicted octanol–water partition coefficient (Wildman–Crippen LogP) is 2.78. The summed E-state index contributed by atoms with van der Waals surface area (Å²) in [4.78, 5) is 4.12. The van der Waals surface area contributed by atoms with Crippen LogP contribution in [0.4, 0.5) is 5.82 Å². The third-order valence-corrected chi connectivity index (χ3v) is 4.64. The van der Waals surface area contributed by atoms with Crippen LogP contribution in [0, 0.1) is 0 Å². The first-order valence-corrected chi connectivity index (χ1v) is 8.60. The van der Waals surface area contributed by atoms with E-state index in [0.717, 1.165) is 5.56 Å². The number of aromatic nitrogens is 3. The summed E-state index contributed by atoms with van der Waals surface area (Å²) in [7, 11) is -3.72. The summed E-state index contributed by atoms with van der Waals surface area (Å²) in [5, 5.41) is 4.56. The lowest BCUT2D eigenvalue weighted by molar-refractivity contribution is 0.600. The van der Waals surface area contributed by atoms with Crippen LogP contribution in [-0.4, -0.2) is 23.2 Å². The van der Waals surface area contributed by atoms with Gasteiger partial charge in [-0.25, -0.2) is 8.42 Å². The number of hydrogen-bond donors (Lipinski definition) is 1. The molecule has 3 aromatic rings. The third-order valence-electron chi connectivity index (χ3n) is 3.05. The standard InChI is InChI=1S/C15H13ClN4O2S/c16-13-4-1-5-14(9-13)23(21,22)19-15-6-8-20(18-15)11-12-3-2-7-17-10-12/h1-10H,11H2,(H,18,19). The van der Waals surface area contributed by atoms with Crippen molar-refractivity contribution in [3.05, 3.63) is 71.6 Å². The molecule has 2 heterocycles. The smallest absolute Gasteiger partial charge is 0.263 e. The second kappa shape index (κ2) is 6.39. The zero-order valence-electron chi connectivity index (χ0n) is 11.9. The fourth-order valence-corrected chi connectivity index (χ4v) is 3.31. The van der Waals surface area contributed by atoms with E-state index >= 15 is 0 Å². The number of sulfonamides is 1. The van der Waals surface area contributed by atoms with E-state index in [9.17, 15) is 8.42 Å². The molecular weight excluding hydrogens is 336 g/mol. The van der Waals surface area contributed by atoms with E-state index in [0.29, 0.717) is 11.6 Å². The zero-order chi connectivity index (χ0) is 16.3. The molecule has 0 saturated heterocycles. The summed E-state index contributed by atoms with van der Waals surface area (Å²) in [6.07, 6.45) is 5.12. The van der Waals surface area contributed by atoms with Crippen molar-refractivity contribution in [1.82, 2.24) is 14.8 Å². The van der Waals surface area contributed by atoms with Crippen LogP contribution in [0.2, 0.25) is 5.02 Å². The normalized spacial score (nSPS) is 11.3. The third kappa shape index (κ3) is 3.88. The van der Waals surface area contributed by atoms with Crippen LogP contribution in [-0.2, 0) is 16.6 Å². The van der Waals surface area contributed by atoms with Crippen LogP contribution in [0.15, 0.2) is 66.0 Å². The van der Waals surface area contributed by atoms with Crippen LogP contribution in [0.25, 0.3) is 0 Å². The lowest BCUT2D eigenvalue weighted by Gasteiger charge is -2.06. The lowest BCUT2D eigenvalue weighted by Crippen LogP contribution is -2.13. The van der Waals surface area contributed by atoms with Gasteiger partial charge in [0.1, 0.15) is 0 Å². The molecule has 0 aliphatic carbocycles. The van der Waals surface area contributed by atoms with Gasteiger partial charge in [-0.05, 0) is 29.8 Å². The van der Waals surface area contributed by atoms with E-state index in [1.54, 1.807) is 41.5 Å². The second-order valence-corrected chi connectivity index (χ2v) is 6.94. The molecule has 0 fully saturated rings. The van der Waals surface area contributed by atoms with Crippen LogP contribution < -0.4 is 4.72 Å². The molecule has 0 aliphatic rings. The first kappa shape index (κ1) is 15.5. The van der Waals surface area contributed by atoms with Gasteiger partial charge in [-0.15, -0.1) is 0 Å². The highest BCUT2D eigenvalue weighted by atomic mass is 35.5. The van der Waals surface area contributed by atoms with Gasteiger partial charge in [-0.1, -0.05) is 23.7 Å². The average molecular weight is 349 g/mol. The van der Waals surface area contributed by atoms with E-state index in [-0.39, 0.29) is 10.7 Å². The number of nitrogens with one attached hydrogen (secondary N) is 1. The minimum atomic E-state index is -3.72. The molecule has 1 N–H and O–H groups in total. The Bertz CT molecular complexity index is 910. The van der Waals surface area contributed by atoms with Gasteiger partial charge < -0.3 is 0 Å². The molecule has 1 aromatic carbocycles. The maximum absolute atomic E-state index is 12.3. The summed E-state index contributed by atoms with van der Waals surface area (Å²) < 4.78 is 28.7. The molecule has 0 atom stereocenters. The largest absolute Gasteiger partial charge is 0.266 e. The van der Waals surface area contributed by atoms with Gasteiger partial charge >= 0.3 is 0 Å². The molecule has 0 saturated carbocycles. The van der Waals surface area contributed by atoms with E-state index in [4.69, 9.17) is 11.6 Å². The van der Waals surface area contributed by atoms with Crippen LogP contribution in [0.1, 0.15) is 5.56 Å². The minimum absolute atomic E-state index is 0.0896. The van der Waals surface area contributed by atoms with Crippen LogP contribution in [0.5, 0.6) is 0 Å². The van der Waals surface area contributed by atoms with E-state index in [2.05, 4.69) is 14.8 Å². The highest BCUT2D eigenvalue weighted by Crippen LogP contribution is 2.18. The Morgan fingerprint density at radius 2 is 2.04 bits per heavy atom. The average Bonchev–Trinajstić information content (AvgIpc) is 2.94. The van der Waals surface area contributed by atoms with Gasteiger partial charge in [-0.3, -0.25) is 14.4 Å². The molecule has 0 spiro atoms. The van der Waals surface area contributed by atoms with Crippen molar-refractivity contribution in [2.24, 2.45) is 0 Å². The molecule has 0 aliphatic heterocycles. The molecule has 2 aromatic heterocycles. The maximum atomic E-state index is 12.3. The molecule has 0 bridgehead atoms. The first-order chi connectivity index (χ1) is 11.0. The topological polar surface area (TPSA) is 76.9 Å². The molecule has 8 heteroatoms. The van der Waals surface area contributed by atoms with Gasteiger partial charge in [0, 0.05) is 29.7 Å². The van der Waals surface area contributed by atoms with Crippen molar-refractivity contribution in [2.75, 3.05) is 4.72 Å². The van der Waals surface area contributed by atoms with E-state index in [1.807, 2.05) is 12.1 Å². The van der Waals surface area contributed by atoms with Gasteiger partial charge in [-0.2, -0.15) is 5.10 Å². The Labute approximate surface area is 138 Å². The van der Waals surface area contributed by atoms with Crippen molar-refractivity contribution in [2.45, 2.75) is 11.4 Å². The van der Waals surface area contributed by atoms with Crippen molar-refractivity contribution in [3.63, 3.8) is 0 Å². The highest BCUT2D eigenvalue weighted by Gasteiger charge is 2.15. The number of nitrogens with zero attached hydrogens (tertiary/aromatic N) is 3. The monoisotopic (exact) mass is 348 g/mol. The first-order valence-electron chi connectivity index (χ1n) is 6.74. The predicted molar refractivity (Wildman–Crippen MR) is 87.8 cm³/mol. The number of hydrogen-bond acceptors (Lipinski definition) is 4. The molecular formula is C15H13ClN4O2S. The molecule has 23 heavy (non-hydrogen) atoms. The number of rotatable bonds is 5. The van der Waals surface area contributed by atoms with Gasteiger partial charge in [0.25, 0.3) is 10.0 Å². The summed E-state index contributed by atoms with van der Waals surface area (Å²) in [6.45, 7) is 0.507. The minimum Gasteiger partial charge on any atom is -0.266 e. The summed E-state index contributed by atoms with van der Waals surface area (Å²) in [5.41, 5.74) is 0.972. The number of anilines is 1. The van der Waals surface area contributed by atoms with Crippen LogP contribution in [0.3, 0.4) is 0 Å². The maximum Gasteiger partial charge on any atom is 0.263 e. The van der Waals surface area contributed by atoms with Gasteiger partial charge in [0.15, 0.2) is 5.82 Å². The Hall–Kier alpha value is -2.38. The molecule has 6 nitrogen and oxygen atoms in total. The van der Waals surface area contributed by atoms with Crippen molar-refractivity contribution in [3.8, 4) is 0 Å². The fraction of sp³-hybridized carbons (Fsp3) is 0.0667. The number of benzene rings is 1. The Morgan fingerprint density at radius 1 is 1.17 bits per heavy atom. The van der Waals surface area contributed by atoms with Crippen molar-refractivity contribution < 1.29 is 8.42 Å². The summed E-state index contributed by atoms with van der Waals surface area (Å²) in [5.74, 6) is 0.244. The van der Waals surface area contributed by atoms with Gasteiger partial charge in [0.05, 0.1) is 11.4 Å². The quantitative estimate of drug-likeness (QED) is 0.769. The van der Waals surface area contributed by atoms with Crippen LogP contribution >= 0.6 is 11.6 Å². The van der Waals surface area contributed by atoms with E-state index < -0.39 is 10.0 Å². The molecule has 0 amide bonds. The van der Waals surface area contributed by atoms with Crippen molar-refractivity contribution >= 4 is 27.4 Å². The Morgan fingerprint density at radius 3 is 2.78 bits per heavy atom.